The summed E-state index contributed by atoms with van der Waals surface area (Å²) in [5, 5.41) is 7.64. The maximum Gasteiger partial charge on any atom is 0.282 e. The van der Waals surface area contributed by atoms with E-state index in [1.165, 1.54) is 11.3 Å². The average molecular weight is 476 g/mol. The van der Waals surface area contributed by atoms with Gasteiger partial charge in [0.1, 0.15) is 5.69 Å². The summed E-state index contributed by atoms with van der Waals surface area (Å²) in [7, 11) is 1.92. The second kappa shape index (κ2) is 8.37. The van der Waals surface area contributed by atoms with Gasteiger partial charge in [-0.15, -0.1) is 11.3 Å². The lowest BCUT2D eigenvalue weighted by molar-refractivity contribution is 0.00827. The molecule has 4 aromatic rings. The van der Waals surface area contributed by atoms with Crippen LogP contribution in [0.5, 0.6) is 0 Å². The fourth-order valence-corrected chi connectivity index (χ4v) is 5.44. The summed E-state index contributed by atoms with van der Waals surface area (Å²) >= 11 is 1.38. The van der Waals surface area contributed by atoms with Crippen molar-refractivity contribution in [2.45, 2.75) is 6.04 Å². The molecule has 2 aliphatic rings. The lowest BCUT2D eigenvalue weighted by atomic mass is 10.1. The normalized spacial score (nSPS) is 17.3. The molecule has 2 amide bonds. The SMILES string of the molecule is Cn1nccc1-c1ccc2cc(C(=O)N3CC(N4CCN(C(=O)c5nccs5)CC4)C3)[nH]c2c1. The summed E-state index contributed by atoms with van der Waals surface area (Å²) < 4.78 is 1.84. The Bertz CT molecular complexity index is 1340. The topological polar surface area (TPSA) is 90.4 Å². The van der Waals surface area contributed by atoms with Crippen LogP contribution in [0, 0.1) is 0 Å². The van der Waals surface area contributed by atoms with E-state index in [2.05, 4.69) is 32.1 Å². The molecule has 2 saturated heterocycles. The Morgan fingerprint density at radius 2 is 1.82 bits per heavy atom. The molecule has 0 saturated carbocycles. The van der Waals surface area contributed by atoms with Crippen molar-refractivity contribution in [3.8, 4) is 11.3 Å². The Labute approximate surface area is 200 Å². The van der Waals surface area contributed by atoms with Gasteiger partial charge < -0.3 is 14.8 Å². The third-order valence-electron chi connectivity index (χ3n) is 6.85. The molecule has 0 bridgehead atoms. The van der Waals surface area contributed by atoms with Gasteiger partial charge in [0.05, 0.1) is 5.69 Å². The molecule has 0 aliphatic carbocycles. The van der Waals surface area contributed by atoms with Crippen LogP contribution in [0.25, 0.3) is 22.2 Å². The fraction of sp³-hybridized carbons (Fsp3) is 0.333. The number of aromatic amines is 1. The number of hydrogen-bond donors (Lipinski definition) is 1. The van der Waals surface area contributed by atoms with Crippen LogP contribution in [0.1, 0.15) is 20.3 Å². The van der Waals surface area contributed by atoms with E-state index in [1.54, 1.807) is 12.4 Å². The third kappa shape index (κ3) is 3.68. The number of nitrogens with zero attached hydrogens (tertiary/aromatic N) is 6. The molecule has 9 nitrogen and oxygen atoms in total. The molecule has 0 radical (unpaired) electrons. The van der Waals surface area contributed by atoms with Gasteiger partial charge in [0, 0.05) is 86.6 Å². The minimum Gasteiger partial charge on any atom is -0.351 e. The van der Waals surface area contributed by atoms with Crippen molar-refractivity contribution in [3.05, 3.63) is 58.8 Å². The molecular formula is C24H25N7O2S. The van der Waals surface area contributed by atoms with Crippen LogP contribution in [0.3, 0.4) is 0 Å². The quantitative estimate of drug-likeness (QED) is 0.489. The lowest BCUT2D eigenvalue weighted by Gasteiger charge is -2.47. The Hall–Kier alpha value is -3.50. The molecule has 3 aromatic heterocycles. The van der Waals surface area contributed by atoms with Gasteiger partial charge in [-0.1, -0.05) is 12.1 Å². The molecular weight excluding hydrogens is 450 g/mol. The van der Waals surface area contributed by atoms with Gasteiger partial charge in [0.15, 0.2) is 5.01 Å². The van der Waals surface area contributed by atoms with Crippen molar-refractivity contribution in [3.63, 3.8) is 0 Å². The summed E-state index contributed by atoms with van der Waals surface area (Å²) in [5.41, 5.74) is 3.66. The van der Waals surface area contributed by atoms with E-state index in [9.17, 15) is 9.59 Å². The highest BCUT2D eigenvalue weighted by atomic mass is 32.1. The van der Waals surface area contributed by atoms with Crippen LogP contribution in [0.15, 0.2) is 48.1 Å². The van der Waals surface area contributed by atoms with Crippen molar-refractivity contribution in [1.82, 2.24) is 34.4 Å². The zero-order valence-corrected chi connectivity index (χ0v) is 19.7. The molecule has 34 heavy (non-hydrogen) atoms. The number of fused-ring (bicyclic) bond motifs is 1. The molecule has 5 heterocycles. The summed E-state index contributed by atoms with van der Waals surface area (Å²) in [5.74, 6) is 0.0533. The van der Waals surface area contributed by atoms with Gasteiger partial charge in [-0.05, 0) is 18.2 Å². The highest BCUT2D eigenvalue weighted by Crippen LogP contribution is 2.26. The minimum absolute atomic E-state index is 0.0189. The zero-order valence-electron chi connectivity index (χ0n) is 18.8. The minimum atomic E-state index is 0.0189. The van der Waals surface area contributed by atoms with Gasteiger partial charge in [-0.2, -0.15) is 5.10 Å². The molecule has 10 heteroatoms. The molecule has 174 valence electrons. The Balaban J connectivity index is 1.06. The Morgan fingerprint density at radius 1 is 1.00 bits per heavy atom. The maximum absolute atomic E-state index is 13.1. The van der Waals surface area contributed by atoms with Crippen LogP contribution in [-0.2, 0) is 7.05 Å². The van der Waals surface area contributed by atoms with E-state index in [-0.39, 0.29) is 11.8 Å². The standard InChI is InChI=1S/C24H25N7O2S/c1-28-21(4-5-26-28)17-3-2-16-12-20(27-19(16)13-17)23(32)31-14-18(15-31)29-7-9-30(10-8-29)24(33)22-25-6-11-34-22/h2-6,11-13,18,27H,7-10,14-15H2,1H3. The molecule has 0 spiro atoms. The first-order valence-electron chi connectivity index (χ1n) is 11.4. The van der Waals surface area contributed by atoms with Gasteiger partial charge in [0.25, 0.3) is 11.8 Å². The number of carbonyl (C=O) groups is 2. The number of carbonyl (C=O) groups excluding carboxylic acids is 2. The van der Waals surface area contributed by atoms with Crippen molar-refractivity contribution in [1.29, 1.82) is 0 Å². The number of benzene rings is 1. The van der Waals surface area contributed by atoms with Gasteiger partial charge in [-0.3, -0.25) is 19.2 Å². The number of thiazole rings is 1. The number of hydrogen-bond acceptors (Lipinski definition) is 6. The van der Waals surface area contributed by atoms with Gasteiger partial charge in [0.2, 0.25) is 0 Å². The predicted octanol–water partition coefficient (Wildman–Crippen LogP) is 2.31. The van der Waals surface area contributed by atoms with Gasteiger partial charge in [-0.25, -0.2) is 4.98 Å². The second-order valence-electron chi connectivity index (χ2n) is 8.85. The maximum atomic E-state index is 13.1. The first-order chi connectivity index (χ1) is 16.6. The average Bonchev–Trinajstić information content (AvgIpc) is 3.58. The van der Waals surface area contributed by atoms with Gasteiger partial charge >= 0.3 is 0 Å². The number of likely N-dealkylation sites (tertiary alicyclic amines) is 1. The van der Waals surface area contributed by atoms with Crippen LogP contribution >= 0.6 is 11.3 Å². The monoisotopic (exact) mass is 475 g/mol. The van der Waals surface area contributed by atoms with Crippen LogP contribution in [-0.4, -0.2) is 91.6 Å². The van der Waals surface area contributed by atoms with E-state index in [1.807, 2.05) is 45.1 Å². The summed E-state index contributed by atoms with van der Waals surface area (Å²) in [6, 6.07) is 10.4. The molecule has 1 N–H and O–H groups in total. The van der Waals surface area contributed by atoms with Crippen molar-refractivity contribution in [2.75, 3.05) is 39.3 Å². The van der Waals surface area contributed by atoms with Crippen LogP contribution in [0.4, 0.5) is 0 Å². The first kappa shape index (κ1) is 21.1. The first-order valence-corrected chi connectivity index (χ1v) is 12.3. The van der Waals surface area contributed by atoms with E-state index >= 15 is 0 Å². The Morgan fingerprint density at radius 3 is 2.53 bits per heavy atom. The summed E-state index contributed by atoms with van der Waals surface area (Å²) in [6.45, 7) is 4.48. The van der Waals surface area contributed by atoms with Crippen LogP contribution in [0.2, 0.25) is 0 Å². The van der Waals surface area contributed by atoms with Crippen LogP contribution < -0.4 is 0 Å². The molecule has 0 unspecified atom stereocenters. The van der Waals surface area contributed by atoms with Crippen molar-refractivity contribution < 1.29 is 9.59 Å². The molecule has 2 fully saturated rings. The number of H-pyrrole nitrogens is 1. The number of rotatable bonds is 4. The fourth-order valence-electron chi connectivity index (χ4n) is 4.84. The molecule has 2 aliphatic heterocycles. The number of aryl methyl sites for hydroxylation is 1. The smallest absolute Gasteiger partial charge is 0.282 e. The summed E-state index contributed by atoms with van der Waals surface area (Å²) in [4.78, 5) is 39.2. The Kier molecular flexibility index (Phi) is 5.19. The number of amides is 2. The molecule has 6 rings (SSSR count). The van der Waals surface area contributed by atoms with E-state index in [4.69, 9.17) is 0 Å². The molecule has 1 aromatic carbocycles. The number of piperazine rings is 1. The van der Waals surface area contributed by atoms with E-state index in [0.29, 0.717) is 29.8 Å². The van der Waals surface area contributed by atoms with E-state index in [0.717, 1.165) is 48.3 Å². The number of aromatic nitrogens is 4. The lowest BCUT2D eigenvalue weighted by Crippen LogP contribution is -2.64. The van der Waals surface area contributed by atoms with Crippen molar-refractivity contribution in [2.24, 2.45) is 7.05 Å². The highest BCUT2D eigenvalue weighted by molar-refractivity contribution is 7.11. The largest absolute Gasteiger partial charge is 0.351 e. The predicted molar refractivity (Wildman–Crippen MR) is 130 cm³/mol. The third-order valence-corrected chi connectivity index (χ3v) is 7.61. The highest BCUT2D eigenvalue weighted by Gasteiger charge is 2.37. The zero-order chi connectivity index (χ0) is 23.2. The van der Waals surface area contributed by atoms with Crippen molar-refractivity contribution >= 4 is 34.1 Å². The summed E-state index contributed by atoms with van der Waals surface area (Å²) in [6.07, 6.45) is 3.45. The number of nitrogens with one attached hydrogen (secondary N) is 1. The molecule has 0 atom stereocenters. The van der Waals surface area contributed by atoms with E-state index < -0.39 is 0 Å². The second-order valence-corrected chi connectivity index (χ2v) is 9.75.